The van der Waals surface area contributed by atoms with Gasteiger partial charge in [-0.1, -0.05) is 18.2 Å². The molecular formula is C23H22N4O3. The topological polar surface area (TPSA) is 105 Å². The minimum absolute atomic E-state index is 0.0187. The number of amides is 3. The molecule has 0 saturated heterocycles. The number of carbonyl (C=O) groups excluding carboxylic acids is 3. The highest BCUT2D eigenvalue weighted by molar-refractivity contribution is 5.94. The van der Waals surface area contributed by atoms with E-state index in [1.54, 1.807) is 35.4 Å². The summed E-state index contributed by atoms with van der Waals surface area (Å²) in [5.74, 6) is 0.0871. The van der Waals surface area contributed by atoms with E-state index >= 15 is 0 Å². The van der Waals surface area contributed by atoms with Crippen LogP contribution in [-0.4, -0.2) is 40.7 Å². The van der Waals surface area contributed by atoms with Crippen molar-refractivity contribution in [2.24, 2.45) is 5.73 Å². The molecule has 2 aliphatic rings. The molecular weight excluding hydrogens is 380 g/mol. The van der Waals surface area contributed by atoms with Crippen molar-refractivity contribution in [1.82, 2.24) is 9.88 Å². The Balaban J connectivity index is 1.38. The molecule has 7 heteroatoms. The molecule has 1 aromatic carbocycles. The summed E-state index contributed by atoms with van der Waals surface area (Å²) < 4.78 is 0. The number of nitrogens with two attached hydrogens (primary N) is 1. The Morgan fingerprint density at radius 3 is 2.63 bits per heavy atom. The molecule has 0 radical (unpaired) electrons. The third kappa shape index (κ3) is 4.30. The molecule has 1 aromatic heterocycles. The highest BCUT2D eigenvalue weighted by Gasteiger charge is 2.17. The first-order chi connectivity index (χ1) is 14.5. The molecule has 0 bridgehead atoms. The Bertz CT molecular complexity index is 1070. The van der Waals surface area contributed by atoms with E-state index in [1.165, 1.54) is 0 Å². The number of hydrogen-bond acceptors (Lipinski definition) is 4. The van der Waals surface area contributed by atoms with Crippen molar-refractivity contribution >= 4 is 35.2 Å². The number of pyridine rings is 1. The summed E-state index contributed by atoms with van der Waals surface area (Å²) in [5.41, 5.74) is 9.77. The number of benzene rings is 1. The molecule has 3 N–H and O–H groups in total. The van der Waals surface area contributed by atoms with Crippen LogP contribution in [0.4, 0.5) is 5.82 Å². The van der Waals surface area contributed by atoms with Gasteiger partial charge in [0.15, 0.2) is 0 Å². The second kappa shape index (κ2) is 8.32. The first kappa shape index (κ1) is 19.6. The van der Waals surface area contributed by atoms with Crippen molar-refractivity contribution in [3.05, 3.63) is 70.9 Å². The van der Waals surface area contributed by atoms with Crippen LogP contribution in [0.1, 0.15) is 39.9 Å². The van der Waals surface area contributed by atoms with Crippen LogP contribution < -0.4 is 11.1 Å². The Morgan fingerprint density at radius 1 is 1.13 bits per heavy atom. The summed E-state index contributed by atoms with van der Waals surface area (Å²) in [6, 6.07) is 9.16. The number of nitrogens with zero attached hydrogens (tertiary/aromatic N) is 2. The molecule has 152 valence electrons. The highest BCUT2D eigenvalue weighted by Crippen LogP contribution is 2.24. The molecule has 2 aliphatic heterocycles. The van der Waals surface area contributed by atoms with E-state index in [0.717, 1.165) is 28.7 Å². The standard InChI is InChI=1S/C23H22N4O3/c24-22(30)18-4-2-16(3-5-18)17-9-11-27(12-10-17)21(29)8-1-15-13-19-6-7-20(28)26-23(19)25-14-15/h1-5,8-9,13-14H,6-7,10-12H2,(H2,24,30)(H,25,26,28)/b8-1+. The van der Waals surface area contributed by atoms with Crippen molar-refractivity contribution in [1.29, 1.82) is 0 Å². The fourth-order valence-electron chi connectivity index (χ4n) is 3.62. The van der Waals surface area contributed by atoms with Gasteiger partial charge in [-0.15, -0.1) is 0 Å². The Hall–Kier alpha value is -3.74. The monoisotopic (exact) mass is 402 g/mol. The van der Waals surface area contributed by atoms with Crippen LogP contribution in [0.3, 0.4) is 0 Å². The summed E-state index contributed by atoms with van der Waals surface area (Å²) in [4.78, 5) is 41.2. The maximum absolute atomic E-state index is 12.5. The Kier molecular flexibility index (Phi) is 5.43. The molecule has 0 fully saturated rings. The van der Waals surface area contributed by atoms with Gasteiger partial charge in [0.2, 0.25) is 17.7 Å². The molecule has 7 nitrogen and oxygen atoms in total. The summed E-state index contributed by atoms with van der Waals surface area (Å²) in [7, 11) is 0. The van der Waals surface area contributed by atoms with Gasteiger partial charge in [0, 0.05) is 37.3 Å². The largest absolute Gasteiger partial charge is 0.366 e. The highest BCUT2D eigenvalue weighted by atomic mass is 16.2. The number of hydrogen-bond donors (Lipinski definition) is 2. The van der Waals surface area contributed by atoms with Gasteiger partial charge in [-0.05, 0) is 59.4 Å². The van der Waals surface area contributed by atoms with Gasteiger partial charge < -0.3 is 16.0 Å². The molecule has 3 amide bonds. The zero-order valence-corrected chi connectivity index (χ0v) is 16.4. The van der Waals surface area contributed by atoms with E-state index in [2.05, 4.69) is 10.3 Å². The average Bonchev–Trinajstić information content (AvgIpc) is 2.77. The van der Waals surface area contributed by atoms with Gasteiger partial charge in [0.25, 0.3) is 0 Å². The van der Waals surface area contributed by atoms with Gasteiger partial charge in [0.1, 0.15) is 5.82 Å². The fraction of sp³-hybridized carbons (Fsp3) is 0.217. The SMILES string of the molecule is NC(=O)c1ccc(C2=CCN(C(=O)/C=C/c3cnc4c(c3)CCC(=O)N4)CC2)cc1. The Morgan fingerprint density at radius 2 is 1.93 bits per heavy atom. The van der Waals surface area contributed by atoms with Gasteiger partial charge in [-0.2, -0.15) is 0 Å². The Labute approximate surface area is 174 Å². The van der Waals surface area contributed by atoms with Crippen LogP contribution in [0, 0.1) is 0 Å². The van der Waals surface area contributed by atoms with Crippen molar-refractivity contribution in [3.63, 3.8) is 0 Å². The van der Waals surface area contributed by atoms with E-state index in [4.69, 9.17) is 5.73 Å². The first-order valence-electron chi connectivity index (χ1n) is 9.84. The number of anilines is 1. The summed E-state index contributed by atoms with van der Waals surface area (Å²) in [6.45, 7) is 1.16. The lowest BCUT2D eigenvalue weighted by Crippen LogP contribution is -2.33. The molecule has 0 aliphatic carbocycles. The number of carbonyl (C=O) groups is 3. The van der Waals surface area contributed by atoms with Crippen molar-refractivity contribution in [3.8, 4) is 0 Å². The lowest BCUT2D eigenvalue weighted by molar-refractivity contribution is -0.125. The van der Waals surface area contributed by atoms with Crippen LogP contribution in [0.25, 0.3) is 11.6 Å². The second-order valence-corrected chi connectivity index (χ2v) is 7.36. The number of aryl methyl sites for hydroxylation is 1. The smallest absolute Gasteiger partial charge is 0.248 e. The summed E-state index contributed by atoms with van der Waals surface area (Å²) in [5, 5.41) is 2.75. The van der Waals surface area contributed by atoms with Gasteiger partial charge >= 0.3 is 0 Å². The van der Waals surface area contributed by atoms with Crippen molar-refractivity contribution < 1.29 is 14.4 Å². The number of rotatable bonds is 4. The number of primary amides is 1. The summed E-state index contributed by atoms with van der Waals surface area (Å²) >= 11 is 0. The van der Waals surface area contributed by atoms with Gasteiger partial charge in [0.05, 0.1) is 0 Å². The predicted molar refractivity (Wildman–Crippen MR) is 114 cm³/mol. The lowest BCUT2D eigenvalue weighted by atomic mass is 9.98. The maximum Gasteiger partial charge on any atom is 0.248 e. The molecule has 4 rings (SSSR count). The van der Waals surface area contributed by atoms with E-state index in [9.17, 15) is 14.4 Å². The molecule has 0 atom stereocenters. The molecule has 2 aromatic rings. The van der Waals surface area contributed by atoms with E-state index in [0.29, 0.717) is 37.3 Å². The average molecular weight is 402 g/mol. The van der Waals surface area contributed by atoms with Gasteiger partial charge in [-0.25, -0.2) is 4.98 Å². The molecule has 0 saturated carbocycles. The van der Waals surface area contributed by atoms with Gasteiger partial charge in [-0.3, -0.25) is 14.4 Å². The molecule has 0 unspecified atom stereocenters. The zero-order valence-electron chi connectivity index (χ0n) is 16.4. The third-order valence-corrected chi connectivity index (χ3v) is 5.35. The lowest BCUT2D eigenvalue weighted by Gasteiger charge is -2.25. The zero-order chi connectivity index (χ0) is 21.1. The quantitative estimate of drug-likeness (QED) is 0.766. The number of fused-ring (bicyclic) bond motifs is 1. The van der Waals surface area contributed by atoms with E-state index < -0.39 is 5.91 Å². The van der Waals surface area contributed by atoms with E-state index in [1.807, 2.05) is 24.3 Å². The number of aromatic nitrogens is 1. The minimum Gasteiger partial charge on any atom is -0.366 e. The normalized spacial score (nSPS) is 16.1. The van der Waals surface area contributed by atoms with E-state index in [-0.39, 0.29) is 11.8 Å². The third-order valence-electron chi connectivity index (χ3n) is 5.35. The molecule has 3 heterocycles. The van der Waals surface area contributed by atoms with Crippen molar-refractivity contribution in [2.45, 2.75) is 19.3 Å². The number of nitrogens with one attached hydrogen (secondary N) is 1. The van der Waals surface area contributed by atoms with Crippen LogP contribution >= 0.6 is 0 Å². The molecule has 30 heavy (non-hydrogen) atoms. The maximum atomic E-state index is 12.5. The minimum atomic E-state index is -0.443. The van der Waals surface area contributed by atoms with Crippen molar-refractivity contribution in [2.75, 3.05) is 18.4 Å². The van der Waals surface area contributed by atoms with Crippen LogP contribution in [-0.2, 0) is 16.0 Å². The van der Waals surface area contributed by atoms with Crippen LogP contribution in [0.2, 0.25) is 0 Å². The van der Waals surface area contributed by atoms with Crippen LogP contribution in [0.5, 0.6) is 0 Å². The fourth-order valence-corrected chi connectivity index (χ4v) is 3.62. The first-order valence-corrected chi connectivity index (χ1v) is 9.84. The molecule has 0 spiro atoms. The van der Waals surface area contributed by atoms with Crippen LogP contribution in [0.15, 0.2) is 48.7 Å². The predicted octanol–water partition coefficient (Wildman–Crippen LogP) is 2.39. The second-order valence-electron chi connectivity index (χ2n) is 7.36. The summed E-state index contributed by atoms with van der Waals surface area (Å²) in [6.07, 6.45) is 8.86.